The zero-order chi connectivity index (χ0) is 19.9. The number of anilines is 1. The molecule has 1 aliphatic heterocycles. The second-order valence-electron chi connectivity index (χ2n) is 7.01. The highest BCUT2D eigenvalue weighted by atomic mass is 19.4. The summed E-state index contributed by atoms with van der Waals surface area (Å²) < 4.78 is 38.4. The maximum Gasteiger partial charge on any atom is 0.416 e. The van der Waals surface area contributed by atoms with Crippen LogP contribution in [-0.4, -0.2) is 33.9 Å². The molecular formula is C20H19F3N4O. The molecule has 8 heteroatoms. The van der Waals surface area contributed by atoms with Gasteiger partial charge in [0.05, 0.1) is 11.1 Å². The molecule has 1 saturated heterocycles. The first kappa shape index (κ1) is 18.3. The molecule has 5 nitrogen and oxygen atoms in total. The quantitative estimate of drug-likeness (QED) is 0.647. The number of nitrogens with two attached hydrogens (primary N) is 1. The monoisotopic (exact) mass is 388 g/mol. The summed E-state index contributed by atoms with van der Waals surface area (Å²) in [6, 6.07) is 6.80. The van der Waals surface area contributed by atoms with Crippen molar-refractivity contribution in [2.45, 2.75) is 24.9 Å². The Morgan fingerprint density at radius 1 is 1.21 bits per heavy atom. The van der Waals surface area contributed by atoms with Crippen molar-refractivity contribution in [2.75, 3.05) is 18.8 Å². The number of pyridine rings is 1. The average molecular weight is 388 g/mol. The number of fused-ring (bicyclic) bond motifs is 1. The number of carbonyl (C=O) groups is 1. The maximum atomic E-state index is 12.8. The number of likely N-dealkylation sites (tertiary alicyclic amines) is 1. The number of nitrogens with one attached hydrogen (secondary N) is 1. The van der Waals surface area contributed by atoms with Crippen LogP contribution in [0.5, 0.6) is 0 Å². The lowest BCUT2D eigenvalue weighted by atomic mass is 9.89. The molecule has 28 heavy (non-hydrogen) atoms. The molecule has 1 aliphatic rings. The molecule has 3 aromatic rings. The minimum atomic E-state index is -4.48. The molecule has 1 aromatic carbocycles. The third-order valence-corrected chi connectivity index (χ3v) is 5.31. The van der Waals surface area contributed by atoms with Crippen LogP contribution in [0.15, 0.2) is 42.7 Å². The number of piperidine rings is 1. The zero-order valence-corrected chi connectivity index (χ0v) is 15.0. The van der Waals surface area contributed by atoms with E-state index in [-0.39, 0.29) is 17.2 Å². The van der Waals surface area contributed by atoms with Crippen molar-refractivity contribution in [1.82, 2.24) is 14.9 Å². The summed E-state index contributed by atoms with van der Waals surface area (Å²) in [5.41, 5.74) is 6.87. The van der Waals surface area contributed by atoms with Crippen molar-refractivity contribution in [3.8, 4) is 0 Å². The van der Waals surface area contributed by atoms with Crippen LogP contribution in [0, 0.1) is 0 Å². The molecule has 146 valence electrons. The number of nitrogens with zero attached hydrogens (tertiary/aromatic N) is 2. The number of hydrogen-bond donors (Lipinski definition) is 2. The lowest BCUT2D eigenvalue weighted by molar-refractivity contribution is -0.137. The fourth-order valence-electron chi connectivity index (χ4n) is 3.81. The Labute approximate surface area is 159 Å². The zero-order valence-electron chi connectivity index (χ0n) is 15.0. The minimum absolute atomic E-state index is 0.114. The molecule has 3 heterocycles. The standard InChI is InChI=1S/C20H19F3N4O/c21-20(22,23)13-3-4-15(17(24)10-13)19(28)27-8-5-12(6-9-27)16-11-26-18-14(16)2-1-7-25-18/h1-4,7,10-12H,5-6,8-9,24H2,(H,25,26). The van der Waals surface area contributed by atoms with E-state index in [9.17, 15) is 18.0 Å². The van der Waals surface area contributed by atoms with E-state index < -0.39 is 11.7 Å². The van der Waals surface area contributed by atoms with E-state index >= 15 is 0 Å². The van der Waals surface area contributed by atoms with E-state index in [1.54, 1.807) is 11.1 Å². The first-order chi connectivity index (χ1) is 13.3. The molecule has 1 amide bonds. The van der Waals surface area contributed by atoms with E-state index in [4.69, 9.17) is 5.73 Å². The highest BCUT2D eigenvalue weighted by molar-refractivity contribution is 5.99. The second kappa shape index (κ2) is 6.85. The number of aromatic amines is 1. The lowest BCUT2D eigenvalue weighted by Crippen LogP contribution is -2.38. The fraction of sp³-hybridized carbons (Fsp3) is 0.300. The van der Waals surface area contributed by atoms with Gasteiger partial charge in [0.25, 0.3) is 5.91 Å². The number of H-pyrrole nitrogens is 1. The van der Waals surface area contributed by atoms with Gasteiger partial charge < -0.3 is 15.6 Å². The molecule has 0 spiro atoms. The van der Waals surface area contributed by atoms with Gasteiger partial charge in [-0.25, -0.2) is 4.98 Å². The average Bonchev–Trinajstić information content (AvgIpc) is 3.11. The number of rotatable bonds is 2. The van der Waals surface area contributed by atoms with Crippen LogP contribution in [0.25, 0.3) is 11.0 Å². The number of halogens is 3. The van der Waals surface area contributed by atoms with Gasteiger partial charge in [-0.15, -0.1) is 0 Å². The maximum absolute atomic E-state index is 12.8. The van der Waals surface area contributed by atoms with E-state index in [0.717, 1.165) is 42.1 Å². The SMILES string of the molecule is Nc1cc(C(F)(F)F)ccc1C(=O)N1CCC(c2c[nH]c3ncccc23)CC1. The van der Waals surface area contributed by atoms with Crippen LogP contribution in [0.4, 0.5) is 18.9 Å². The lowest BCUT2D eigenvalue weighted by Gasteiger charge is -2.32. The Morgan fingerprint density at radius 3 is 2.64 bits per heavy atom. The van der Waals surface area contributed by atoms with Crippen molar-refractivity contribution in [3.63, 3.8) is 0 Å². The van der Waals surface area contributed by atoms with Crippen LogP contribution in [-0.2, 0) is 6.18 Å². The summed E-state index contributed by atoms with van der Waals surface area (Å²) in [4.78, 5) is 21.9. The predicted octanol–water partition coefficient (Wildman–Crippen LogP) is 4.18. The number of nitrogen functional groups attached to an aromatic ring is 1. The van der Waals surface area contributed by atoms with Crippen LogP contribution in [0.2, 0.25) is 0 Å². The second-order valence-corrected chi connectivity index (χ2v) is 7.01. The van der Waals surface area contributed by atoms with E-state index in [0.29, 0.717) is 19.0 Å². The Hall–Kier alpha value is -3.03. The van der Waals surface area contributed by atoms with Crippen LogP contribution >= 0.6 is 0 Å². The molecule has 2 aromatic heterocycles. The van der Waals surface area contributed by atoms with Crippen LogP contribution < -0.4 is 5.73 Å². The first-order valence-electron chi connectivity index (χ1n) is 9.02. The predicted molar refractivity (Wildman–Crippen MR) is 99.8 cm³/mol. The van der Waals surface area contributed by atoms with Gasteiger partial charge in [0.15, 0.2) is 0 Å². The number of alkyl halides is 3. The Balaban J connectivity index is 1.47. The summed E-state index contributed by atoms with van der Waals surface area (Å²) in [5, 5.41) is 1.08. The summed E-state index contributed by atoms with van der Waals surface area (Å²) in [7, 11) is 0. The molecule has 1 fully saturated rings. The van der Waals surface area contributed by atoms with Crippen LogP contribution in [0.3, 0.4) is 0 Å². The van der Waals surface area contributed by atoms with Gasteiger partial charge in [-0.2, -0.15) is 13.2 Å². The van der Waals surface area contributed by atoms with Gasteiger partial charge in [0, 0.05) is 36.6 Å². The smallest absolute Gasteiger partial charge is 0.398 e. The van der Waals surface area contributed by atoms with Crippen LogP contribution in [0.1, 0.15) is 40.2 Å². The molecular weight excluding hydrogens is 369 g/mol. The van der Waals surface area contributed by atoms with E-state index in [2.05, 4.69) is 9.97 Å². The third kappa shape index (κ3) is 3.30. The van der Waals surface area contributed by atoms with Gasteiger partial charge in [-0.05, 0) is 54.7 Å². The van der Waals surface area contributed by atoms with Crippen molar-refractivity contribution in [3.05, 3.63) is 59.4 Å². The minimum Gasteiger partial charge on any atom is -0.398 e. The van der Waals surface area contributed by atoms with Crippen molar-refractivity contribution in [1.29, 1.82) is 0 Å². The van der Waals surface area contributed by atoms with Gasteiger partial charge in [-0.1, -0.05) is 0 Å². The van der Waals surface area contributed by atoms with Gasteiger partial charge in [0.1, 0.15) is 5.65 Å². The number of carbonyl (C=O) groups excluding carboxylic acids is 1. The van der Waals surface area contributed by atoms with Crippen molar-refractivity contribution < 1.29 is 18.0 Å². The summed E-state index contributed by atoms with van der Waals surface area (Å²) in [6.45, 7) is 1.05. The largest absolute Gasteiger partial charge is 0.416 e. The van der Waals surface area contributed by atoms with Crippen molar-refractivity contribution >= 4 is 22.6 Å². The number of benzene rings is 1. The number of hydrogen-bond acceptors (Lipinski definition) is 3. The van der Waals surface area contributed by atoms with Gasteiger partial charge in [-0.3, -0.25) is 4.79 Å². The molecule has 0 radical (unpaired) electrons. The highest BCUT2D eigenvalue weighted by Gasteiger charge is 2.32. The first-order valence-corrected chi connectivity index (χ1v) is 9.02. The molecule has 4 rings (SSSR count). The molecule has 0 unspecified atom stereocenters. The number of aromatic nitrogens is 2. The number of amides is 1. The summed E-state index contributed by atoms with van der Waals surface area (Å²) in [5.74, 6) is -0.0304. The Kier molecular flexibility index (Phi) is 4.49. The summed E-state index contributed by atoms with van der Waals surface area (Å²) in [6.07, 6.45) is 0.760. The van der Waals surface area contributed by atoms with Gasteiger partial charge >= 0.3 is 6.18 Å². The normalized spacial score (nSPS) is 15.9. The van der Waals surface area contributed by atoms with E-state index in [1.165, 1.54) is 5.56 Å². The Morgan fingerprint density at radius 2 is 1.96 bits per heavy atom. The third-order valence-electron chi connectivity index (χ3n) is 5.31. The Bertz CT molecular complexity index is 1020. The fourth-order valence-corrected chi connectivity index (χ4v) is 3.81. The topological polar surface area (TPSA) is 75.0 Å². The highest BCUT2D eigenvalue weighted by Crippen LogP contribution is 2.34. The molecule has 0 atom stereocenters. The molecule has 0 saturated carbocycles. The van der Waals surface area contributed by atoms with E-state index in [1.807, 2.05) is 18.3 Å². The molecule has 0 bridgehead atoms. The van der Waals surface area contributed by atoms with Crippen molar-refractivity contribution in [2.24, 2.45) is 0 Å². The van der Waals surface area contributed by atoms with Gasteiger partial charge in [0.2, 0.25) is 0 Å². The molecule has 3 N–H and O–H groups in total. The molecule has 0 aliphatic carbocycles. The summed E-state index contributed by atoms with van der Waals surface area (Å²) >= 11 is 0.